The fourth-order valence-electron chi connectivity index (χ4n) is 4.62. The summed E-state index contributed by atoms with van der Waals surface area (Å²) in [7, 11) is 0. The summed E-state index contributed by atoms with van der Waals surface area (Å²) in [4.78, 5) is 62.3. The Bertz CT molecular complexity index is 1300. The van der Waals surface area contributed by atoms with Crippen molar-refractivity contribution in [1.82, 2.24) is 16.0 Å². The quantitative estimate of drug-likeness (QED) is 0.264. The first-order valence-corrected chi connectivity index (χ1v) is 14.2. The van der Waals surface area contributed by atoms with Crippen LogP contribution < -0.4 is 16.0 Å². The van der Waals surface area contributed by atoms with Gasteiger partial charge in [0.25, 0.3) is 0 Å². The average molecular weight is 596 g/mol. The Morgan fingerprint density at radius 3 is 1.74 bits per heavy atom. The number of esters is 2. The number of ether oxygens (including phenoxy) is 3. The first kappa shape index (κ1) is 33.1. The molecule has 2 aromatic rings. The van der Waals surface area contributed by atoms with Crippen LogP contribution in [0.15, 0.2) is 48.5 Å². The summed E-state index contributed by atoms with van der Waals surface area (Å²) >= 11 is 0. The molecule has 0 bridgehead atoms. The van der Waals surface area contributed by atoms with Crippen molar-refractivity contribution in [2.75, 3.05) is 19.7 Å². The molecule has 0 spiro atoms. The van der Waals surface area contributed by atoms with Crippen LogP contribution in [0.4, 0.5) is 4.79 Å². The van der Waals surface area contributed by atoms with E-state index in [1.54, 1.807) is 41.5 Å². The lowest BCUT2D eigenvalue weighted by atomic mass is 9.98. The maximum absolute atomic E-state index is 13.0. The topological polar surface area (TPSA) is 149 Å². The molecule has 0 saturated carbocycles. The zero-order chi connectivity index (χ0) is 31.8. The van der Waals surface area contributed by atoms with E-state index in [0.29, 0.717) is 0 Å². The standard InChI is InChI=1S/C32H41N3O8/c1-31(2,3)42-27(37)17-33-26(36)16-15-25(29(39)34-18-28(38)43-32(4,5)6)35-30(40)41-19-24-22-13-9-7-11-20(22)21-12-8-10-14-23(21)24/h7-14,24-25H,15-19H2,1-6H3,(H,33,36)(H,34,39)(H,35,40)/t25-/m0/s1. The van der Waals surface area contributed by atoms with E-state index in [-0.39, 0.29) is 31.9 Å². The van der Waals surface area contributed by atoms with Gasteiger partial charge in [0.1, 0.15) is 36.9 Å². The first-order valence-electron chi connectivity index (χ1n) is 14.2. The Kier molecular flexibility index (Phi) is 10.9. The summed E-state index contributed by atoms with van der Waals surface area (Å²) in [5.41, 5.74) is 2.77. The Hall–Kier alpha value is -4.41. The summed E-state index contributed by atoms with van der Waals surface area (Å²) in [6, 6.07) is 14.6. The smallest absolute Gasteiger partial charge is 0.407 e. The van der Waals surface area contributed by atoms with Gasteiger partial charge in [-0.25, -0.2) is 4.79 Å². The number of hydrogen-bond acceptors (Lipinski definition) is 8. The minimum Gasteiger partial charge on any atom is -0.459 e. The van der Waals surface area contributed by atoms with Crippen LogP contribution in [0.5, 0.6) is 0 Å². The second kappa shape index (κ2) is 14.2. The third-order valence-corrected chi connectivity index (χ3v) is 6.29. The maximum atomic E-state index is 13.0. The van der Waals surface area contributed by atoms with E-state index in [2.05, 4.69) is 16.0 Å². The molecule has 3 N–H and O–H groups in total. The van der Waals surface area contributed by atoms with Crippen LogP contribution in [0.3, 0.4) is 0 Å². The third-order valence-electron chi connectivity index (χ3n) is 6.29. The highest BCUT2D eigenvalue weighted by atomic mass is 16.6. The number of carbonyl (C=O) groups excluding carboxylic acids is 5. The molecule has 11 nitrogen and oxygen atoms in total. The van der Waals surface area contributed by atoms with Crippen LogP contribution in [0, 0.1) is 0 Å². The molecule has 0 fully saturated rings. The number of rotatable bonds is 11. The van der Waals surface area contributed by atoms with Gasteiger partial charge in [-0.3, -0.25) is 19.2 Å². The molecule has 0 saturated heterocycles. The van der Waals surface area contributed by atoms with Gasteiger partial charge < -0.3 is 30.2 Å². The van der Waals surface area contributed by atoms with Gasteiger partial charge in [-0.2, -0.15) is 0 Å². The van der Waals surface area contributed by atoms with E-state index in [1.165, 1.54) is 0 Å². The molecular weight excluding hydrogens is 554 g/mol. The van der Waals surface area contributed by atoms with E-state index >= 15 is 0 Å². The molecule has 0 heterocycles. The van der Waals surface area contributed by atoms with Crippen LogP contribution >= 0.6 is 0 Å². The van der Waals surface area contributed by atoms with Gasteiger partial charge in [0, 0.05) is 12.3 Å². The van der Waals surface area contributed by atoms with Crippen molar-refractivity contribution < 1.29 is 38.2 Å². The zero-order valence-electron chi connectivity index (χ0n) is 25.6. The number of nitrogens with one attached hydrogen (secondary N) is 3. The molecule has 0 unspecified atom stereocenters. The van der Waals surface area contributed by atoms with Gasteiger partial charge in [-0.1, -0.05) is 48.5 Å². The second-order valence-corrected chi connectivity index (χ2v) is 12.2. The normalized spacial score (nSPS) is 13.2. The Morgan fingerprint density at radius 2 is 1.23 bits per heavy atom. The summed E-state index contributed by atoms with van der Waals surface area (Å²) in [6.07, 6.45) is -1.17. The first-order chi connectivity index (χ1) is 20.1. The Balaban J connectivity index is 1.61. The molecule has 43 heavy (non-hydrogen) atoms. The second-order valence-electron chi connectivity index (χ2n) is 12.2. The minimum absolute atomic E-state index is 0.0302. The number of fused-ring (bicyclic) bond motifs is 3. The highest BCUT2D eigenvalue weighted by Gasteiger charge is 2.30. The lowest BCUT2D eigenvalue weighted by molar-refractivity contribution is -0.155. The molecule has 1 aliphatic carbocycles. The molecule has 0 radical (unpaired) electrons. The van der Waals surface area contributed by atoms with E-state index in [0.717, 1.165) is 22.3 Å². The SMILES string of the molecule is CC(C)(C)OC(=O)CNC(=O)CC[C@H](NC(=O)OCC1c2ccccc2-c2ccccc21)C(=O)NCC(=O)OC(C)(C)C. The predicted octanol–water partition coefficient (Wildman–Crippen LogP) is 3.59. The lowest BCUT2D eigenvalue weighted by Crippen LogP contribution is -2.49. The van der Waals surface area contributed by atoms with Crippen LogP contribution in [-0.4, -0.2) is 66.8 Å². The minimum atomic E-state index is -1.20. The summed E-state index contributed by atoms with van der Waals surface area (Å²) in [5.74, 6) is -2.67. The number of amides is 3. The lowest BCUT2D eigenvalue weighted by Gasteiger charge is -2.22. The van der Waals surface area contributed by atoms with Gasteiger partial charge in [-0.05, 0) is 70.2 Å². The van der Waals surface area contributed by atoms with Crippen molar-refractivity contribution in [3.63, 3.8) is 0 Å². The Labute approximate surface area is 252 Å². The molecule has 3 amide bonds. The summed E-state index contributed by atoms with van der Waals surface area (Å²) < 4.78 is 15.9. The van der Waals surface area contributed by atoms with E-state index in [4.69, 9.17) is 14.2 Å². The highest BCUT2D eigenvalue weighted by molar-refractivity contribution is 5.89. The summed E-state index contributed by atoms with van der Waals surface area (Å²) in [6.45, 7) is 9.49. The number of benzene rings is 2. The molecular formula is C32H41N3O8. The van der Waals surface area contributed by atoms with Crippen molar-refractivity contribution in [2.24, 2.45) is 0 Å². The van der Waals surface area contributed by atoms with Gasteiger partial charge in [-0.15, -0.1) is 0 Å². The van der Waals surface area contributed by atoms with Crippen LogP contribution in [-0.2, 0) is 33.4 Å². The third kappa shape index (κ3) is 10.4. The number of hydrogen-bond donors (Lipinski definition) is 3. The van der Waals surface area contributed by atoms with Crippen LogP contribution in [0.25, 0.3) is 11.1 Å². The average Bonchev–Trinajstić information content (AvgIpc) is 3.23. The van der Waals surface area contributed by atoms with Gasteiger partial charge in [0.15, 0.2) is 0 Å². The van der Waals surface area contributed by atoms with Crippen LogP contribution in [0.1, 0.15) is 71.4 Å². The van der Waals surface area contributed by atoms with Crippen molar-refractivity contribution >= 4 is 29.8 Å². The van der Waals surface area contributed by atoms with Crippen molar-refractivity contribution in [3.8, 4) is 11.1 Å². The highest BCUT2D eigenvalue weighted by Crippen LogP contribution is 2.44. The van der Waals surface area contributed by atoms with E-state index in [1.807, 2.05) is 48.5 Å². The fraction of sp³-hybridized carbons (Fsp3) is 0.469. The molecule has 0 aromatic heterocycles. The van der Waals surface area contributed by atoms with Crippen LogP contribution in [0.2, 0.25) is 0 Å². The molecule has 1 aliphatic rings. The Morgan fingerprint density at radius 1 is 0.744 bits per heavy atom. The van der Waals surface area contributed by atoms with Gasteiger partial charge in [0.05, 0.1) is 0 Å². The zero-order valence-corrected chi connectivity index (χ0v) is 25.6. The van der Waals surface area contributed by atoms with E-state index in [9.17, 15) is 24.0 Å². The van der Waals surface area contributed by atoms with Gasteiger partial charge >= 0.3 is 18.0 Å². The monoisotopic (exact) mass is 595 g/mol. The maximum Gasteiger partial charge on any atom is 0.407 e. The number of alkyl carbamates (subject to hydrolysis) is 1. The summed E-state index contributed by atoms with van der Waals surface area (Å²) in [5, 5.41) is 7.41. The van der Waals surface area contributed by atoms with Crippen molar-refractivity contribution in [2.45, 2.75) is 77.5 Å². The number of carbonyl (C=O) groups is 5. The van der Waals surface area contributed by atoms with Crippen molar-refractivity contribution in [1.29, 1.82) is 0 Å². The predicted molar refractivity (Wildman–Crippen MR) is 159 cm³/mol. The fourth-order valence-corrected chi connectivity index (χ4v) is 4.62. The molecule has 3 rings (SSSR count). The molecule has 1 atom stereocenters. The van der Waals surface area contributed by atoms with Gasteiger partial charge in [0.2, 0.25) is 11.8 Å². The molecule has 11 heteroatoms. The van der Waals surface area contributed by atoms with E-state index < -0.39 is 53.6 Å². The largest absolute Gasteiger partial charge is 0.459 e. The molecule has 0 aliphatic heterocycles. The van der Waals surface area contributed by atoms with Crippen molar-refractivity contribution in [3.05, 3.63) is 59.7 Å². The molecule has 232 valence electrons. The molecule has 2 aromatic carbocycles.